The van der Waals surface area contributed by atoms with Gasteiger partial charge in [0, 0.05) is 28.7 Å². The Morgan fingerprint density at radius 3 is 2.71 bits per heavy atom. The number of halogens is 1. The predicted molar refractivity (Wildman–Crippen MR) is 71.3 cm³/mol. The maximum absolute atomic E-state index is 9.18. The van der Waals surface area contributed by atoms with Gasteiger partial charge in [0.25, 0.3) is 0 Å². The van der Waals surface area contributed by atoms with Crippen molar-refractivity contribution in [3.05, 3.63) is 35.0 Å². The van der Waals surface area contributed by atoms with Crippen LogP contribution in [0.1, 0.15) is 19.5 Å². The van der Waals surface area contributed by atoms with Crippen molar-refractivity contribution < 1.29 is 5.11 Å². The molecule has 0 radical (unpaired) electrons. The molecule has 0 saturated heterocycles. The normalized spacial score (nSPS) is 12.2. The van der Waals surface area contributed by atoms with Crippen molar-refractivity contribution in [1.82, 2.24) is 10.3 Å². The Hall–Kier alpha value is -1.03. The summed E-state index contributed by atoms with van der Waals surface area (Å²) >= 11 is 6.30. The molecule has 17 heavy (non-hydrogen) atoms. The third kappa shape index (κ3) is 2.63. The quantitative estimate of drug-likeness (QED) is 0.784. The molecule has 1 aromatic carbocycles. The first-order valence-corrected chi connectivity index (χ1v) is 6.02. The number of aromatic nitrogens is 1. The zero-order valence-corrected chi connectivity index (χ0v) is 10.8. The zero-order valence-electron chi connectivity index (χ0n) is 10.0. The third-order valence-corrected chi connectivity index (χ3v) is 3.28. The largest absolute Gasteiger partial charge is 0.394 e. The summed E-state index contributed by atoms with van der Waals surface area (Å²) in [5.74, 6) is 0. The van der Waals surface area contributed by atoms with Crippen LogP contribution in [0, 0.1) is 0 Å². The summed E-state index contributed by atoms with van der Waals surface area (Å²) in [4.78, 5) is 3.28. The number of aliphatic hydroxyl groups excluding tert-OH is 1. The first kappa shape index (κ1) is 12.4. The Bertz CT molecular complexity index is 519. The van der Waals surface area contributed by atoms with Crippen molar-refractivity contribution in [2.75, 3.05) is 6.61 Å². The zero-order chi connectivity index (χ0) is 12.5. The van der Waals surface area contributed by atoms with E-state index in [1.807, 2.05) is 38.1 Å². The van der Waals surface area contributed by atoms with Crippen LogP contribution in [0.25, 0.3) is 10.9 Å². The summed E-state index contributed by atoms with van der Waals surface area (Å²) in [7, 11) is 0. The number of hydrogen-bond acceptors (Lipinski definition) is 2. The van der Waals surface area contributed by atoms with E-state index in [0.29, 0.717) is 6.54 Å². The minimum absolute atomic E-state index is 0.0881. The summed E-state index contributed by atoms with van der Waals surface area (Å²) in [6, 6.07) is 7.94. The van der Waals surface area contributed by atoms with Crippen molar-refractivity contribution in [2.24, 2.45) is 0 Å². The Morgan fingerprint density at radius 2 is 2.06 bits per heavy atom. The summed E-state index contributed by atoms with van der Waals surface area (Å²) < 4.78 is 0. The highest BCUT2D eigenvalue weighted by atomic mass is 35.5. The van der Waals surface area contributed by atoms with E-state index < -0.39 is 0 Å². The van der Waals surface area contributed by atoms with Crippen LogP contribution in [0.4, 0.5) is 0 Å². The Morgan fingerprint density at radius 1 is 1.35 bits per heavy atom. The number of benzene rings is 1. The van der Waals surface area contributed by atoms with Gasteiger partial charge in [-0.05, 0) is 19.9 Å². The molecule has 0 saturated carbocycles. The lowest BCUT2D eigenvalue weighted by Gasteiger charge is -2.23. The minimum Gasteiger partial charge on any atom is -0.394 e. The van der Waals surface area contributed by atoms with Crippen LogP contribution in [0.2, 0.25) is 5.02 Å². The maximum atomic E-state index is 9.18. The molecule has 0 aliphatic heterocycles. The van der Waals surface area contributed by atoms with E-state index in [1.165, 1.54) is 0 Å². The molecule has 1 aromatic heterocycles. The molecule has 0 atom stereocenters. The van der Waals surface area contributed by atoms with Crippen LogP contribution >= 0.6 is 11.6 Å². The monoisotopic (exact) mass is 252 g/mol. The van der Waals surface area contributed by atoms with Gasteiger partial charge in [0.05, 0.1) is 11.6 Å². The molecule has 0 aliphatic rings. The van der Waals surface area contributed by atoms with E-state index in [4.69, 9.17) is 11.6 Å². The van der Waals surface area contributed by atoms with Crippen molar-refractivity contribution in [3.63, 3.8) is 0 Å². The lowest BCUT2D eigenvalue weighted by atomic mass is 10.1. The van der Waals surface area contributed by atoms with E-state index in [9.17, 15) is 5.11 Å². The van der Waals surface area contributed by atoms with Gasteiger partial charge in [-0.3, -0.25) is 0 Å². The summed E-state index contributed by atoms with van der Waals surface area (Å²) in [5, 5.41) is 14.2. The number of fused-ring (bicyclic) bond motifs is 1. The SMILES string of the molecule is CC(C)(CO)NCc1[nH]c2ccccc2c1Cl. The molecule has 0 aliphatic carbocycles. The molecular weight excluding hydrogens is 236 g/mol. The van der Waals surface area contributed by atoms with Crippen LogP contribution in [0.3, 0.4) is 0 Å². The average molecular weight is 253 g/mol. The van der Waals surface area contributed by atoms with Gasteiger partial charge in [-0.25, -0.2) is 0 Å². The van der Waals surface area contributed by atoms with Crippen molar-refractivity contribution in [1.29, 1.82) is 0 Å². The van der Waals surface area contributed by atoms with Crippen molar-refractivity contribution in [3.8, 4) is 0 Å². The van der Waals surface area contributed by atoms with Gasteiger partial charge in [0.15, 0.2) is 0 Å². The second-order valence-corrected chi connectivity index (χ2v) is 5.24. The summed E-state index contributed by atoms with van der Waals surface area (Å²) in [6.07, 6.45) is 0. The highest BCUT2D eigenvalue weighted by molar-refractivity contribution is 6.36. The molecule has 3 nitrogen and oxygen atoms in total. The van der Waals surface area contributed by atoms with Gasteiger partial charge in [0.2, 0.25) is 0 Å². The van der Waals surface area contributed by atoms with E-state index in [2.05, 4.69) is 10.3 Å². The molecule has 92 valence electrons. The Balaban J connectivity index is 2.22. The molecule has 0 amide bonds. The number of rotatable bonds is 4. The molecule has 3 N–H and O–H groups in total. The van der Waals surface area contributed by atoms with Gasteiger partial charge in [-0.1, -0.05) is 29.8 Å². The standard InChI is InChI=1S/C13H17ClN2O/c1-13(2,8-17)15-7-11-12(14)9-5-3-4-6-10(9)16-11/h3-6,15-17H,7-8H2,1-2H3. The fourth-order valence-corrected chi connectivity index (χ4v) is 1.95. The molecular formula is C13H17ClN2O. The van der Waals surface area contributed by atoms with Gasteiger partial charge in [0.1, 0.15) is 0 Å². The van der Waals surface area contributed by atoms with E-state index in [0.717, 1.165) is 21.6 Å². The summed E-state index contributed by atoms with van der Waals surface area (Å²) in [5.41, 5.74) is 1.69. The first-order chi connectivity index (χ1) is 8.03. The molecule has 2 aromatic rings. The third-order valence-electron chi connectivity index (χ3n) is 2.85. The molecule has 0 spiro atoms. The second kappa shape index (κ2) is 4.69. The fraction of sp³-hybridized carbons (Fsp3) is 0.385. The average Bonchev–Trinajstić information content (AvgIpc) is 2.65. The van der Waals surface area contributed by atoms with Crippen molar-refractivity contribution in [2.45, 2.75) is 25.9 Å². The predicted octanol–water partition coefficient (Wildman–Crippen LogP) is 2.68. The molecule has 2 rings (SSSR count). The maximum Gasteiger partial charge on any atom is 0.0705 e. The van der Waals surface area contributed by atoms with Crippen LogP contribution in [-0.2, 0) is 6.54 Å². The number of hydrogen-bond donors (Lipinski definition) is 3. The van der Waals surface area contributed by atoms with Crippen LogP contribution in [-0.4, -0.2) is 22.2 Å². The number of H-pyrrole nitrogens is 1. The lowest BCUT2D eigenvalue weighted by Crippen LogP contribution is -2.42. The fourth-order valence-electron chi connectivity index (χ4n) is 1.67. The smallest absolute Gasteiger partial charge is 0.0705 e. The van der Waals surface area contributed by atoms with Crippen LogP contribution in [0.5, 0.6) is 0 Å². The van der Waals surface area contributed by atoms with Crippen LogP contribution in [0.15, 0.2) is 24.3 Å². The Labute approximate surface area is 106 Å². The molecule has 4 heteroatoms. The molecule has 1 heterocycles. The summed E-state index contributed by atoms with van der Waals surface area (Å²) in [6.45, 7) is 4.60. The van der Waals surface area contributed by atoms with Gasteiger partial charge in [-0.2, -0.15) is 0 Å². The van der Waals surface area contributed by atoms with Crippen LogP contribution < -0.4 is 5.32 Å². The van der Waals surface area contributed by atoms with E-state index in [-0.39, 0.29) is 12.1 Å². The minimum atomic E-state index is -0.305. The topological polar surface area (TPSA) is 48.0 Å². The highest BCUT2D eigenvalue weighted by Crippen LogP contribution is 2.27. The van der Waals surface area contributed by atoms with E-state index >= 15 is 0 Å². The van der Waals surface area contributed by atoms with Gasteiger partial charge in [-0.15, -0.1) is 0 Å². The number of aromatic amines is 1. The second-order valence-electron chi connectivity index (χ2n) is 4.86. The molecule has 0 fully saturated rings. The number of nitrogens with one attached hydrogen (secondary N) is 2. The first-order valence-electron chi connectivity index (χ1n) is 5.64. The highest BCUT2D eigenvalue weighted by Gasteiger charge is 2.17. The Kier molecular flexibility index (Phi) is 3.43. The number of aliphatic hydroxyl groups is 1. The van der Waals surface area contributed by atoms with Crippen molar-refractivity contribution >= 4 is 22.5 Å². The van der Waals surface area contributed by atoms with Gasteiger partial charge < -0.3 is 15.4 Å². The lowest BCUT2D eigenvalue weighted by molar-refractivity contribution is 0.187. The number of para-hydroxylation sites is 1. The van der Waals surface area contributed by atoms with Gasteiger partial charge >= 0.3 is 0 Å². The van der Waals surface area contributed by atoms with E-state index in [1.54, 1.807) is 0 Å². The molecule has 0 bridgehead atoms. The molecule has 0 unspecified atom stereocenters.